The molecule has 3 rings (SSSR count). The van der Waals surface area contributed by atoms with Gasteiger partial charge in [-0.1, -0.05) is 0 Å². The fourth-order valence-electron chi connectivity index (χ4n) is 2.22. The molecule has 9 heteroatoms. The van der Waals surface area contributed by atoms with E-state index in [9.17, 15) is 18.4 Å². The van der Waals surface area contributed by atoms with Crippen LogP contribution in [-0.2, 0) is 9.53 Å². The highest BCUT2D eigenvalue weighted by Crippen LogP contribution is 2.16. The number of carbonyl (C=O) groups is 2. The lowest BCUT2D eigenvalue weighted by atomic mass is 10.2. The van der Waals surface area contributed by atoms with Gasteiger partial charge < -0.3 is 10.1 Å². The van der Waals surface area contributed by atoms with Crippen molar-refractivity contribution in [1.29, 1.82) is 0 Å². The minimum Gasteiger partial charge on any atom is -0.452 e. The SMILES string of the molecule is Cc1nn2cccnc2c1C(=O)OCC(=O)Nc1ccc(F)cc1F. The maximum atomic E-state index is 13.5. The molecule has 0 saturated heterocycles. The summed E-state index contributed by atoms with van der Waals surface area (Å²) in [6.07, 6.45) is 3.12. The molecule has 7 nitrogen and oxygen atoms in total. The third-order valence-electron chi connectivity index (χ3n) is 3.31. The van der Waals surface area contributed by atoms with Gasteiger partial charge in [-0.25, -0.2) is 23.1 Å². The lowest BCUT2D eigenvalue weighted by molar-refractivity contribution is -0.119. The molecule has 1 N–H and O–H groups in total. The first-order chi connectivity index (χ1) is 12.0. The zero-order chi connectivity index (χ0) is 18.0. The Kier molecular flexibility index (Phi) is 4.38. The Labute approximate surface area is 140 Å². The van der Waals surface area contributed by atoms with Crippen molar-refractivity contribution in [2.45, 2.75) is 6.92 Å². The molecule has 0 spiro atoms. The number of aryl methyl sites for hydroxylation is 1. The van der Waals surface area contributed by atoms with Crippen molar-refractivity contribution in [3.8, 4) is 0 Å². The number of ether oxygens (including phenoxy) is 1. The largest absolute Gasteiger partial charge is 0.452 e. The van der Waals surface area contributed by atoms with Crippen LogP contribution in [0.2, 0.25) is 0 Å². The summed E-state index contributed by atoms with van der Waals surface area (Å²) in [5, 5.41) is 6.31. The fourth-order valence-corrected chi connectivity index (χ4v) is 2.22. The van der Waals surface area contributed by atoms with Crippen LogP contribution in [0.3, 0.4) is 0 Å². The molecule has 128 valence electrons. The Morgan fingerprint density at radius 1 is 1.32 bits per heavy atom. The summed E-state index contributed by atoms with van der Waals surface area (Å²) >= 11 is 0. The summed E-state index contributed by atoms with van der Waals surface area (Å²) in [7, 11) is 0. The van der Waals surface area contributed by atoms with E-state index in [-0.39, 0.29) is 11.3 Å². The van der Waals surface area contributed by atoms with Gasteiger partial charge in [-0.2, -0.15) is 5.10 Å². The van der Waals surface area contributed by atoms with E-state index in [0.29, 0.717) is 17.4 Å². The van der Waals surface area contributed by atoms with Crippen LogP contribution < -0.4 is 5.32 Å². The average molecular weight is 346 g/mol. The van der Waals surface area contributed by atoms with Gasteiger partial charge in [0.1, 0.15) is 17.2 Å². The molecular formula is C16H12F2N4O3. The van der Waals surface area contributed by atoms with Crippen molar-refractivity contribution in [3.05, 3.63) is 59.6 Å². The van der Waals surface area contributed by atoms with Gasteiger partial charge >= 0.3 is 5.97 Å². The number of amides is 1. The monoisotopic (exact) mass is 346 g/mol. The molecule has 0 aliphatic carbocycles. The van der Waals surface area contributed by atoms with E-state index in [1.165, 1.54) is 10.7 Å². The Morgan fingerprint density at radius 3 is 2.88 bits per heavy atom. The normalized spacial score (nSPS) is 10.7. The molecule has 0 atom stereocenters. The third-order valence-corrected chi connectivity index (χ3v) is 3.31. The number of fused-ring (bicyclic) bond motifs is 1. The quantitative estimate of drug-likeness (QED) is 0.732. The van der Waals surface area contributed by atoms with Crippen LogP contribution in [-0.4, -0.2) is 33.1 Å². The summed E-state index contributed by atoms with van der Waals surface area (Å²) in [5.74, 6) is -3.23. The van der Waals surface area contributed by atoms with Gasteiger partial charge in [0.05, 0.1) is 11.4 Å². The standard InChI is InChI=1S/C16H12F2N4O3/c1-9-14(15-19-5-2-6-22(15)21-9)16(24)25-8-13(23)20-12-4-3-10(17)7-11(12)18/h2-7H,8H2,1H3,(H,20,23). The number of benzene rings is 1. The zero-order valence-electron chi connectivity index (χ0n) is 13.0. The number of rotatable bonds is 4. The topological polar surface area (TPSA) is 85.6 Å². The van der Waals surface area contributed by atoms with E-state index in [4.69, 9.17) is 4.74 Å². The first kappa shape index (κ1) is 16.5. The number of carbonyl (C=O) groups excluding carboxylic acids is 2. The second-order valence-electron chi connectivity index (χ2n) is 5.10. The van der Waals surface area contributed by atoms with Gasteiger partial charge in [-0.05, 0) is 25.1 Å². The first-order valence-electron chi connectivity index (χ1n) is 7.17. The van der Waals surface area contributed by atoms with E-state index < -0.39 is 30.1 Å². The van der Waals surface area contributed by atoms with Crippen molar-refractivity contribution >= 4 is 23.2 Å². The van der Waals surface area contributed by atoms with Crippen LogP contribution in [0.15, 0.2) is 36.7 Å². The summed E-state index contributed by atoms with van der Waals surface area (Å²) in [5.41, 5.74) is 0.626. The van der Waals surface area contributed by atoms with Crippen molar-refractivity contribution in [3.63, 3.8) is 0 Å². The van der Waals surface area contributed by atoms with Gasteiger partial charge in [0, 0.05) is 18.5 Å². The van der Waals surface area contributed by atoms with Gasteiger partial charge in [-0.15, -0.1) is 0 Å². The maximum absolute atomic E-state index is 13.5. The number of halogens is 2. The van der Waals surface area contributed by atoms with Crippen molar-refractivity contribution in [2.75, 3.05) is 11.9 Å². The zero-order valence-corrected chi connectivity index (χ0v) is 13.0. The summed E-state index contributed by atoms with van der Waals surface area (Å²) in [6, 6.07) is 4.36. The predicted octanol–water partition coefficient (Wildman–Crippen LogP) is 2.11. The lowest BCUT2D eigenvalue weighted by Gasteiger charge is -2.07. The Morgan fingerprint density at radius 2 is 2.12 bits per heavy atom. The van der Waals surface area contributed by atoms with Gasteiger partial charge in [0.15, 0.2) is 12.3 Å². The van der Waals surface area contributed by atoms with Crippen molar-refractivity contribution < 1.29 is 23.1 Å². The highest BCUT2D eigenvalue weighted by molar-refractivity contribution is 5.99. The summed E-state index contributed by atoms with van der Waals surface area (Å²) < 4.78 is 32.7. The van der Waals surface area contributed by atoms with Crippen LogP contribution in [0.25, 0.3) is 5.65 Å². The molecule has 0 aliphatic rings. The Bertz CT molecular complexity index is 971. The number of nitrogens with one attached hydrogen (secondary N) is 1. The molecule has 1 aromatic carbocycles. The van der Waals surface area contributed by atoms with Crippen LogP contribution >= 0.6 is 0 Å². The number of anilines is 1. The smallest absolute Gasteiger partial charge is 0.344 e. The minimum absolute atomic E-state index is 0.140. The Hall–Kier alpha value is -3.36. The molecular weight excluding hydrogens is 334 g/mol. The third kappa shape index (κ3) is 3.44. The second-order valence-corrected chi connectivity index (χ2v) is 5.10. The van der Waals surface area contributed by atoms with E-state index in [2.05, 4.69) is 15.4 Å². The molecule has 0 bridgehead atoms. The highest BCUT2D eigenvalue weighted by atomic mass is 19.1. The van der Waals surface area contributed by atoms with Crippen LogP contribution in [0.4, 0.5) is 14.5 Å². The predicted molar refractivity (Wildman–Crippen MR) is 83.0 cm³/mol. The number of hydrogen-bond donors (Lipinski definition) is 1. The van der Waals surface area contributed by atoms with Gasteiger partial charge in [0.25, 0.3) is 5.91 Å². The number of nitrogens with zero attached hydrogens (tertiary/aromatic N) is 3. The lowest BCUT2D eigenvalue weighted by Crippen LogP contribution is -2.21. The van der Waals surface area contributed by atoms with Crippen LogP contribution in [0.1, 0.15) is 16.1 Å². The first-order valence-corrected chi connectivity index (χ1v) is 7.17. The molecule has 1 amide bonds. The van der Waals surface area contributed by atoms with E-state index in [1.54, 1.807) is 19.2 Å². The molecule has 0 radical (unpaired) electrons. The highest BCUT2D eigenvalue weighted by Gasteiger charge is 2.20. The van der Waals surface area contributed by atoms with Crippen molar-refractivity contribution in [2.24, 2.45) is 0 Å². The van der Waals surface area contributed by atoms with Gasteiger partial charge in [0.2, 0.25) is 0 Å². The molecule has 0 fully saturated rings. The van der Waals surface area contributed by atoms with E-state index in [0.717, 1.165) is 12.1 Å². The number of hydrogen-bond acceptors (Lipinski definition) is 5. The minimum atomic E-state index is -0.928. The average Bonchev–Trinajstić information content (AvgIpc) is 2.91. The molecule has 0 saturated carbocycles. The van der Waals surface area contributed by atoms with Crippen LogP contribution in [0, 0.1) is 18.6 Å². The molecule has 25 heavy (non-hydrogen) atoms. The summed E-state index contributed by atoms with van der Waals surface area (Å²) in [6.45, 7) is 0.971. The molecule has 0 unspecified atom stereocenters. The van der Waals surface area contributed by atoms with Crippen LogP contribution in [0.5, 0.6) is 0 Å². The molecule has 0 aliphatic heterocycles. The van der Waals surface area contributed by atoms with E-state index in [1.807, 2.05) is 0 Å². The molecule has 3 aromatic rings. The number of aromatic nitrogens is 3. The van der Waals surface area contributed by atoms with Gasteiger partial charge in [-0.3, -0.25) is 4.79 Å². The second kappa shape index (κ2) is 6.63. The van der Waals surface area contributed by atoms with Crippen molar-refractivity contribution in [1.82, 2.24) is 14.6 Å². The molecule has 2 aromatic heterocycles. The molecule has 2 heterocycles. The number of esters is 1. The summed E-state index contributed by atoms with van der Waals surface area (Å²) in [4.78, 5) is 28.0. The Balaban J connectivity index is 1.67. The maximum Gasteiger partial charge on any atom is 0.344 e. The van der Waals surface area contributed by atoms with E-state index >= 15 is 0 Å². The fraction of sp³-hybridized carbons (Fsp3) is 0.125.